The minimum Gasteiger partial charge on any atom is -0.359 e. The minimum atomic E-state index is -0.219. The average molecular weight is 231 g/mol. The van der Waals surface area contributed by atoms with E-state index in [0.29, 0.717) is 5.92 Å². The summed E-state index contributed by atoms with van der Waals surface area (Å²) in [6.07, 6.45) is 2.85. The molecule has 0 aliphatic heterocycles. The molecule has 0 aromatic heterocycles. The third-order valence-electron chi connectivity index (χ3n) is 4.25. The molecule has 1 unspecified atom stereocenters. The van der Waals surface area contributed by atoms with Crippen molar-refractivity contribution in [2.45, 2.75) is 33.1 Å². The Hall–Kier alpha value is -1.31. The monoisotopic (exact) mass is 231 g/mol. The van der Waals surface area contributed by atoms with Crippen LogP contribution in [0.5, 0.6) is 0 Å². The molecular formula is C15H21NO. The number of hydrogen-bond acceptors (Lipinski definition) is 1. The van der Waals surface area contributed by atoms with Gasteiger partial charge in [0.05, 0.1) is 5.41 Å². The van der Waals surface area contributed by atoms with E-state index in [1.54, 1.807) is 7.05 Å². The molecule has 17 heavy (non-hydrogen) atoms. The minimum absolute atomic E-state index is 0.196. The molecule has 1 aromatic rings. The molecule has 0 saturated carbocycles. The molecular weight excluding hydrogens is 210 g/mol. The van der Waals surface area contributed by atoms with Crippen LogP contribution in [0, 0.1) is 11.3 Å². The first-order valence-corrected chi connectivity index (χ1v) is 6.39. The number of nitrogens with one attached hydrogen (secondary N) is 1. The summed E-state index contributed by atoms with van der Waals surface area (Å²) in [7, 11) is 1.74. The average Bonchev–Trinajstić information content (AvgIpc) is 2.36. The van der Waals surface area contributed by atoms with Crippen LogP contribution in [-0.2, 0) is 17.6 Å². The van der Waals surface area contributed by atoms with Gasteiger partial charge in [0.25, 0.3) is 0 Å². The number of fused-ring (bicyclic) bond motifs is 1. The van der Waals surface area contributed by atoms with Gasteiger partial charge in [0.15, 0.2) is 0 Å². The number of aryl methyl sites for hydroxylation is 1. The fourth-order valence-electron chi connectivity index (χ4n) is 2.96. The number of carbonyl (C=O) groups excluding carboxylic acids is 1. The molecule has 1 aromatic carbocycles. The second-order valence-electron chi connectivity index (χ2n) is 5.34. The highest BCUT2D eigenvalue weighted by Crippen LogP contribution is 2.41. The third kappa shape index (κ3) is 1.97. The van der Waals surface area contributed by atoms with Gasteiger partial charge in [-0.2, -0.15) is 0 Å². The van der Waals surface area contributed by atoms with Gasteiger partial charge in [-0.1, -0.05) is 38.1 Å². The van der Waals surface area contributed by atoms with Crippen molar-refractivity contribution in [2.75, 3.05) is 7.05 Å². The number of carbonyl (C=O) groups is 1. The summed E-state index contributed by atoms with van der Waals surface area (Å²) in [5, 5.41) is 2.85. The summed E-state index contributed by atoms with van der Waals surface area (Å²) in [4.78, 5) is 12.2. The molecule has 0 radical (unpaired) electrons. The van der Waals surface area contributed by atoms with Crippen LogP contribution >= 0.6 is 0 Å². The van der Waals surface area contributed by atoms with Crippen LogP contribution in [0.1, 0.15) is 31.4 Å². The summed E-state index contributed by atoms with van der Waals surface area (Å²) in [5.74, 6) is 0.567. The summed E-state index contributed by atoms with van der Waals surface area (Å²) < 4.78 is 0. The first kappa shape index (κ1) is 12.2. The lowest BCUT2D eigenvalue weighted by atomic mass is 9.65. The van der Waals surface area contributed by atoms with Crippen molar-refractivity contribution in [1.29, 1.82) is 0 Å². The molecule has 1 aliphatic rings. The van der Waals surface area contributed by atoms with Crippen molar-refractivity contribution in [1.82, 2.24) is 5.32 Å². The second-order valence-corrected chi connectivity index (χ2v) is 5.34. The molecule has 0 bridgehead atoms. The van der Waals surface area contributed by atoms with Crippen LogP contribution < -0.4 is 5.32 Å². The number of amides is 1. The van der Waals surface area contributed by atoms with E-state index < -0.39 is 0 Å². The van der Waals surface area contributed by atoms with E-state index in [2.05, 4.69) is 43.4 Å². The summed E-state index contributed by atoms with van der Waals surface area (Å²) in [5.41, 5.74) is 2.53. The van der Waals surface area contributed by atoms with Crippen molar-refractivity contribution in [3.05, 3.63) is 35.4 Å². The predicted molar refractivity (Wildman–Crippen MR) is 69.8 cm³/mol. The van der Waals surface area contributed by atoms with E-state index in [-0.39, 0.29) is 11.3 Å². The molecule has 1 amide bonds. The van der Waals surface area contributed by atoms with E-state index in [0.717, 1.165) is 19.3 Å². The molecule has 1 atom stereocenters. The van der Waals surface area contributed by atoms with E-state index in [1.807, 2.05) is 0 Å². The van der Waals surface area contributed by atoms with Gasteiger partial charge >= 0.3 is 0 Å². The highest BCUT2D eigenvalue weighted by Gasteiger charge is 2.43. The molecule has 2 rings (SSSR count). The van der Waals surface area contributed by atoms with Crippen LogP contribution in [-0.4, -0.2) is 13.0 Å². The smallest absolute Gasteiger partial charge is 0.226 e. The maximum absolute atomic E-state index is 12.2. The molecule has 1 N–H and O–H groups in total. The zero-order valence-electron chi connectivity index (χ0n) is 10.9. The summed E-state index contributed by atoms with van der Waals surface area (Å²) in [6, 6.07) is 8.50. The van der Waals surface area contributed by atoms with Crippen molar-refractivity contribution in [2.24, 2.45) is 11.3 Å². The Morgan fingerprint density at radius 3 is 2.53 bits per heavy atom. The Balaban J connectivity index is 2.37. The predicted octanol–water partition coefficient (Wildman–Crippen LogP) is 2.56. The molecule has 0 saturated heterocycles. The van der Waals surface area contributed by atoms with Crippen LogP contribution in [0.2, 0.25) is 0 Å². The standard InChI is InChI=1S/C15H21NO/c1-11(2)15(14(17)16-3)9-8-12-6-4-5-7-13(12)10-15/h4-7,11H,8-10H2,1-3H3,(H,16,17). The topological polar surface area (TPSA) is 29.1 Å². The van der Waals surface area contributed by atoms with Gasteiger partial charge in [0.2, 0.25) is 5.91 Å². The van der Waals surface area contributed by atoms with E-state index in [9.17, 15) is 4.79 Å². The van der Waals surface area contributed by atoms with E-state index in [4.69, 9.17) is 0 Å². The second kappa shape index (κ2) is 4.52. The van der Waals surface area contributed by atoms with Gasteiger partial charge in [-0.05, 0) is 36.3 Å². The fourth-order valence-corrected chi connectivity index (χ4v) is 2.96. The SMILES string of the molecule is CNC(=O)C1(C(C)C)CCc2ccccc2C1. The molecule has 92 valence electrons. The number of benzene rings is 1. The van der Waals surface area contributed by atoms with Crippen LogP contribution in [0.4, 0.5) is 0 Å². The van der Waals surface area contributed by atoms with E-state index >= 15 is 0 Å². The Morgan fingerprint density at radius 1 is 1.29 bits per heavy atom. The van der Waals surface area contributed by atoms with Gasteiger partial charge in [0, 0.05) is 7.05 Å². The van der Waals surface area contributed by atoms with Crippen molar-refractivity contribution < 1.29 is 4.79 Å². The van der Waals surface area contributed by atoms with Crippen LogP contribution in [0.3, 0.4) is 0 Å². The number of rotatable bonds is 2. The number of hydrogen-bond donors (Lipinski definition) is 1. The zero-order chi connectivity index (χ0) is 12.5. The first-order valence-electron chi connectivity index (χ1n) is 6.39. The lowest BCUT2D eigenvalue weighted by Crippen LogP contribution is -2.46. The van der Waals surface area contributed by atoms with Gasteiger partial charge in [-0.25, -0.2) is 0 Å². The molecule has 0 spiro atoms. The Kier molecular flexibility index (Phi) is 3.23. The normalized spacial score (nSPS) is 23.3. The Bertz CT molecular complexity index is 425. The molecule has 0 fully saturated rings. The van der Waals surface area contributed by atoms with Gasteiger partial charge < -0.3 is 5.32 Å². The van der Waals surface area contributed by atoms with Crippen molar-refractivity contribution in [3.63, 3.8) is 0 Å². The summed E-state index contributed by atoms with van der Waals surface area (Å²) >= 11 is 0. The van der Waals surface area contributed by atoms with Crippen LogP contribution in [0.15, 0.2) is 24.3 Å². The summed E-state index contributed by atoms with van der Waals surface area (Å²) in [6.45, 7) is 4.31. The van der Waals surface area contributed by atoms with Crippen LogP contribution in [0.25, 0.3) is 0 Å². The molecule has 2 nitrogen and oxygen atoms in total. The third-order valence-corrected chi connectivity index (χ3v) is 4.25. The fraction of sp³-hybridized carbons (Fsp3) is 0.533. The van der Waals surface area contributed by atoms with Crippen molar-refractivity contribution >= 4 is 5.91 Å². The maximum Gasteiger partial charge on any atom is 0.226 e. The lowest BCUT2D eigenvalue weighted by molar-refractivity contribution is -0.134. The highest BCUT2D eigenvalue weighted by atomic mass is 16.2. The first-order chi connectivity index (χ1) is 8.10. The lowest BCUT2D eigenvalue weighted by Gasteiger charge is -2.39. The highest BCUT2D eigenvalue weighted by molar-refractivity contribution is 5.83. The van der Waals surface area contributed by atoms with Gasteiger partial charge in [0.1, 0.15) is 0 Å². The maximum atomic E-state index is 12.2. The van der Waals surface area contributed by atoms with Gasteiger partial charge in [-0.3, -0.25) is 4.79 Å². The zero-order valence-corrected chi connectivity index (χ0v) is 10.9. The molecule has 1 aliphatic carbocycles. The Morgan fingerprint density at radius 2 is 1.94 bits per heavy atom. The van der Waals surface area contributed by atoms with Gasteiger partial charge in [-0.15, -0.1) is 0 Å². The quantitative estimate of drug-likeness (QED) is 0.832. The van der Waals surface area contributed by atoms with E-state index in [1.165, 1.54) is 11.1 Å². The largest absolute Gasteiger partial charge is 0.359 e. The van der Waals surface area contributed by atoms with Crippen molar-refractivity contribution in [3.8, 4) is 0 Å². The molecule has 2 heteroatoms. The Labute approximate surface area is 103 Å². The molecule has 0 heterocycles.